The van der Waals surface area contributed by atoms with Gasteiger partial charge in [-0.3, -0.25) is 9.59 Å². The molecule has 0 spiro atoms. The quantitative estimate of drug-likeness (QED) is 0.0371. The molecule has 0 aromatic heterocycles. The second-order valence-electron chi connectivity index (χ2n) is 18.1. The van der Waals surface area contributed by atoms with Crippen LogP contribution < -0.4 is 0 Å². The molecule has 2 atom stereocenters. The molecule has 0 heterocycles. The Hall–Kier alpha value is -1.67. The first-order chi connectivity index (χ1) is 27.6. The maximum atomic E-state index is 12.8. The smallest absolute Gasteiger partial charge is 0.362 e. The summed E-state index contributed by atoms with van der Waals surface area (Å²) < 4.78 is 17.3. The molecule has 0 saturated heterocycles. The number of unbranched alkanes of at least 4 members (excludes halogenated alkanes) is 31. The van der Waals surface area contributed by atoms with E-state index in [9.17, 15) is 19.5 Å². The minimum Gasteiger partial charge on any atom is -0.477 e. The Balaban J connectivity index is 4.14. The van der Waals surface area contributed by atoms with Crippen molar-refractivity contribution in [3.63, 3.8) is 0 Å². The van der Waals surface area contributed by atoms with Crippen molar-refractivity contribution in [3.05, 3.63) is 0 Å². The van der Waals surface area contributed by atoms with Gasteiger partial charge < -0.3 is 23.8 Å². The second kappa shape index (κ2) is 41.1. The minimum absolute atomic E-state index is 0.0420. The van der Waals surface area contributed by atoms with Gasteiger partial charge in [-0.15, -0.1) is 0 Å². The lowest BCUT2D eigenvalue weighted by molar-refractivity contribution is -0.887. The summed E-state index contributed by atoms with van der Waals surface area (Å²) in [4.78, 5) is 37.0. The van der Waals surface area contributed by atoms with Crippen LogP contribution in [0.4, 0.5) is 0 Å². The summed E-state index contributed by atoms with van der Waals surface area (Å²) >= 11 is 0. The van der Waals surface area contributed by atoms with E-state index in [0.717, 1.165) is 38.5 Å². The number of likely N-dealkylation sites (N-methyl/N-ethyl adjacent to an activating group) is 1. The Kier molecular flexibility index (Phi) is 39.9. The maximum Gasteiger partial charge on any atom is 0.362 e. The van der Waals surface area contributed by atoms with Gasteiger partial charge >= 0.3 is 17.9 Å². The molecular weight excluding hydrogens is 715 g/mol. The molecule has 0 radical (unpaired) electrons. The van der Waals surface area contributed by atoms with E-state index in [0.29, 0.717) is 19.3 Å². The third-order valence-corrected chi connectivity index (χ3v) is 11.5. The third-order valence-electron chi connectivity index (χ3n) is 11.5. The van der Waals surface area contributed by atoms with Crippen LogP contribution in [0.1, 0.15) is 245 Å². The number of hydrogen-bond acceptors (Lipinski definition) is 6. The van der Waals surface area contributed by atoms with Crippen molar-refractivity contribution < 1.29 is 38.2 Å². The fraction of sp³-hybridized carbons (Fsp3) is 0.939. The zero-order valence-electron chi connectivity index (χ0n) is 38.6. The molecule has 338 valence electrons. The number of carboxylic acid groups (broad SMARTS) is 1. The largest absolute Gasteiger partial charge is 0.477 e. The number of carboxylic acids is 1. The van der Waals surface area contributed by atoms with Crippen LogP contribution in [0.5, 0.6) is 0 Å². The van der Waals surface area contributed by atoms with Crippen LogP contribution in [0, 0.1) is 0 Å². The average Bonchev–Trinajstić information content (AvgIpc) is 3.17. The lowest BCUT2D eigenvalue weighted by Gasteiger charge is -2.31. The van der Waals surface area contributed by atoms with Gasteiger partial charge in [-0.05, 0) is 12.8 Å². The average molecular weight is 811 g/mol. The molecule has 0 aliphatic heterocycles. The van der Waals surface area contributed by atoms with E-state index in [-0.39, 0.29) is 36.2 Å². The molecule has 0 saturated carbocycles. The summed E-state index contributed by atoms with van der Waals surface area (Å²) in [6.07, 6.45) is 43.0. The number of rotatable bonds is 45. The number of nitrogens with zero attached hydrogens (tertiary/aromatic N) is 1. The Morgan fingerprint density at radius 3 is 1.09 bits per heavy atom. The van der Waals surface area contributed by atoms with Crippen molar-refractivity contribution in [1.82, 2.24) is 0 Å². The molecule has 0 aromatic rings. The fourth-order valence-electron chi connectivity index (χ4n) is 7.68. The van der Waals surface area contributed by atoms with Crippen molar-refractivity contribution in [2.24, 2.45) is 0 Å². The summed E-state index contributed by atoms with van der Waals surface area (Å²) in [6.45, 7) is 4.78. The molecule has 0 fully saturated rings. The minimum atomic E-state index is -0.870. The van der Waals surface area contributed by atoms with Gasteiger partial charge in [-0.2, -0.15) is 0 Å². The van der Waals surface area contributed by atoms with Gasteiger partial charge in [-0.1, -0.05) is 213 Å². The van der Waals surface area contributed by atoms with Gasteiger partial charge in [-0.25, -0.2) is 4.79 Å². The van der Waals surface area contributed by atoms with Crippen LogP contribution in [0.15, 0.2) is 0 Å². The van der Waals surface area contributed by atoms with E-state index in [1.807, 2.05) is 21.1 Å². The standard InChI is InChI=1S/C49H95NO7/c1-6-8-10-12-14-16-18-19-20-21-22-23-24-25-26-27-28-30-32-34-36-38-40-48(52)57-45(43-55-42-41-46(49(53)54)50(3,4)5)44-56-47(51)39-37-35-33-31-29-17-15-13-11-9-7-2/h45-46H,6-44H2,1-5H3/p+1. The number of carbonyl (C=O) groups excluding carboxylic acids is 2. The Labute approximate surface area is 353 Å². The van der Waals surface area contributed by atoms with E-state index in [4.69, 9.17) is 14.2 Å². The first-order valence-corrected chi connectivity index (χ1v) is 24.6. The number of quaternary nitrogens is 1. The van der Waals surface area contributed by atoms with Gasteiger partial charge in [0, 0.05) is 19.3 Å². The van der Waals surface area contributed by atoms with Crippen molar-refractivity contribution >= 4 is 17.9 Å². The third kappa shape index (κ3) is 39.6. The Bertz CT molecular complexity index is 905. The molecule has 0 rings (SSSR count). The molecule has 0 aromatic carbocycles. The number of esters is 2. The predicted molar refractivity (Wildman–Crippen MR) is 239 cm³/mol. The van der Waals surface area contributed by atoms with Gasteiger partial charge in [0.2, 0.25) is 0 Å². The molecule has 8 heteroatoms. The zero-order valence-corrected chi connectivity index (χ0v) is 38.6. The van der Waals surface area contributed by atoms with Crippen LogP contribution in [0.2, 0.25) is 0 Å². The summed E-state index contributed by atoms with van der Waals surface area (Å²) in [5, 5.41) is 9.63. The van der Waals surface area contributed by atoms with Crippen LogP contribution in [0.25, 0.3) is 0 Å². The Morgan fingerprint density at radius 2 is 0.772 bits per heavy atom. The van der Waals surface area contributed by atoms with Gasteiger partial charge in [0.05, 0.1) is 34.4 Å². The van der Waals surface area contributed by atoms with E-state index in [2.05, 4.69) is 13.8 Å². The highest BCUT2D eigenvalue weighted by atomic mass is 16.6. The summed E-state index contributed by atoms with van der Waals surface area (Å²) in [5.41, 5.74) is 0. The summed E-state index contributed by atoms with van der Waals surface area (Å²) in [5.74, 6) is -1.44. The maximum absolute atomic E-state index is 12.8. The first kappa shape index (κ1) is 55.3. The summed E-state index contributed by atoms with van der Waals surface area (Å²) in [7, 11) is 5.54. The lowest BCUT2D eigenvalue weighted by Crippen LogP contribution is -2.50. The van der Waals surface area contributed by atoms with E-state index >= 15 is 0 Å². The lowest BCUT2D eigenvalue weighted by atomic mass is 10.0. The second-order valence-corrected chi connectivity index (χ2v) is 18.1. The number of carbonyl (C=O) groups is 3. The first-order valence-electron chi connectivity index (χ1n) is 24.6. The van der Waals surface area contributed by atoms with Gasteiger partial charge in [0.25, 0.3) is 0 Å². The molecule has 57 heavy (non-hydrogen) atoms. The van der Waals surface area contributed by atoms with Crippen molar-refractivity contribution in [2.75, 3.05) is 41.0 Å². The van der Waals surface area contributed by atoms with Crippen LogP contribution in [-0.2, 0) is 28.6 Å². The molecule has 0 aliphatic carbocycles. The monoisotopic (exact) mass is 811 g/mol. The topological polar surface area (TPSA) is 99.1 Å². The molecule has 0 amide bonds. The normalized spacial score (nSPS) is 12.8. The highest BCUT2D eigenvalue weighted by Crippen LogP contribution is 2.17. The SMILES string of the molecule is CCCCCCCCCCCCCCCCCCCCCCCCC(=O)OC(COCCC(C(=O)O)[N+](C)(C)C)COC(=O)CCCCCCCCCCCCC. The van der Waals surface area contributed by atoms with Crippen molar-refractivity contribution in [3.8, 4) is 0 Å². The summed E-state index contributed by atoms with van der Waals surface area (Å²) in [6, 6.07) is -0.608. The van der Waals surface area contributed by atoms with Crippen molar-refractivity contribution in [1.29, 1.82) is 0 Å². The highest BCUT2D eigenvalue weighted by molar-refractivity contribution is 5.72. The molecule has 2 unspecified atom stereocenters. The molecule has 8 nitrogen and oxygen atoms in total. The molecule has 0 bridgehead atoms. The number of aliphatic carboxylic acids is 1. The molecular formula is C49H96NO7+. The van der Waals surface area contributed by atoms with E-state index < -0.39 is 18.1 Å². The number of ether oxygens (including phenoxy) is 3. The molecule has 0 aliphatic rings. The van der Waals surface area contributed by atoms with Gasteiger partial charge in [0.15, 0.2) is 12.1 Å². The zero-order chi connectivity index (χ0) is 42.1. The van der Waals surface area contributed by atoms with Gasteiger partial charge in [0.1, 0.15) is 6.61 Å². The number of hydrogen-bond donors (Lipinski definition) is 1. The predicted octanol–water partition coefficient (Wildman–Crippen LogP) is 13.7. The van der Waals surface area contributed by atoms with E-state index in [1.54, 1.807) is 0 Å². The van der Waals surface area contributed by atoms with Crippen LogP contribution >= 0.6 is 0 Å². The fourth-order valence-corrected chi connectivity index (χ4v) is 7.68. The molecule has 1 N–H and O–H groups in total. The Morgan fingerprint density at radius 1 is 0.456 bits per heavy atom. The highest BCUT2D eigenvalue weighted by Gasteiger charge is 2.31. The van der Waals surface area contributed by atoms with Crippen LogP contribution in [-0.4, -0.2) is 80.6 Å². The van der Waals surface area contributed by atoms with Crippen LogP contribution in [0.3, 0.4) is 0 Å². The van der Waals surface area contributed by atoms with E-state index in [1.165, 1.54) is 173 Å². The van der Waals surface area contributed by atoms with Crippen molar-refractivity contribution in [2.45, 2.75) is 257 Å².